The third-order valence-corrected chi connectivity index (χ3v) is 2.84. The summed E-state index contributed by atoms with van der Waals surface area (Å²) in [6, 6.07) is 3.66. The van der Waals surface area contributed by atoms with Crippen LogP contribution in [0.1, 0.15) is 31.0 Å². The van der Waals surface area contributed by atoms with E-state index in [0.29, 0.717) is 12.1 Å². The minimum absolute atomic E-state index is 0.420. The number of ether oxygens (including phenoxy) is 1. The van der Waals surface area contributed by atoms with Crippen LogP contribution in [0.3, 0.4) is 0 Å². The number of nitrogens with one attached hydrogen (secondary N) is 1. The van der Waals surface area contributed by atoms with Crippen LogP contribution in [0.15, 0.2) is 35.9 Å². The van der Waals surface area contributed by atoms with E-state index in [9.17, 15) is 18.0 Å². The van der Waals surface area contributed by atoms with Crippen molar-refractivity contribution in [3.05, 3.63) is 47.0 Å². The lowest BCUT2D eigenvalue weighted by Crippen LogP contribution is -2.30. The first-order valence-corrected chi connectivity index (χ1v) is 6.37. The molecule has 0 aliphatic heterocycles. The van der Waals surface area contributed by atoms with E-state index in [1.54, 1.807) is 0 Å². The first-order valence-electron chi connectivity index (χ1n) is 6.37. The van der Waals surface area contributed by atoms with Crippen molar-refractivity contribution < 1.29 is 22.7 Å². The third kappa shape index (κ3) is 5.23. The molecule has 1 aromatic rings. The average Bonchev–Trinajstić information content (AvgIpc) is 2.42. The lowest BCUT2D eigenvalue weighted by atomic mass is 10.0. The van der Waals surface area contributed by atoms with Crippen molar-refractivity contribution in [1.29, 1.82) is 0 Å². The molecule has 0 aliphatic rings. The van der Waals surface area contributed by atoms with Crippen molar-refractivity contribution in [3.8, 4) is 0 Å². The molecule has 116 valence electrons. The minimum atomic E-state index is -4.39. The molecule has 0 aromatic heterocycles. The third-order valence-electron chi connectivity index (χ3n) is 2.84. The predicted octanol–water partition coefficient (Wildman–Crippen LogP) is 3.48. The molecule has 0 amide bonds. The zero-order chi connectivity index (χ0) is 16.0. The minimum Gasteiger partial charge on any atom is -0.468 e. The highest BCUT2D eigenvalue weighted by atomic mass is 19.4. The zero-order valence-corrected chi connectivity index (χ0v) is 12.1. The second-order valence-electron chi connectivity index (χ2n) is 4.77. The molecule has 0 heterocycles. The van der Waals surface area contributed by atoms with Gasteiger partial charge in [0.25, 0.3) is 0 Å². The molecule has 3 nitrogen and oxygen atoms in total. The molecule has 1 rings (SSSR count). The van der Waals surface area contributed by atoms with Gasteiger partial charge in [-0.2, -0.15) is 13.2 Å². The van der Waals surface area contributed by atoms with Crippen LogP contribution in [0.25, 0.3) is 0 Å². The summed E-state index contributed by atoms with van der Waals surface area (Å²) in [6.45, 7) is 4.24. The molecule has 1 aromatic carbocycles. The summed E-state index contributed by atoms with van der Waals surface area (Å²) in [5.74, 6) is -0.545. The lowest BCUT2D eigenvalue weighted by molar-refractivity contribution is -0.143. The summed E-state index contributed by atoms with van der Waals surface area (Å²) in [6.07, 6.45) is -2.52. The quantitative estimate of drug-likeness (QED) is 0.668. The molecule has 1 N–H and O–H groups in total. The number of alkyl halides is 3. The van der Waals surface area contributed by atoms with Gasteiger partial charge < -0.3 is 4.74 Å². The van der Waals surface area contributed by atoms with Gasteiger partial charge in [0, 0.05) is 6.54 Å². The SMILES string of the molecule is COC(=O)[C@H](NCC=C(C)C)c1ccc(C(F)(F)F)cc1. The number of hydrogen-bond acceptors (Lipinski definition) is 3. The molecule has 0 saturated carbocycles. The van der Waals surface area contributed by atoms with E-state index in [4.69, 9.17) is 0 Å². The highest BCUT2D eigenvalue weighted by molar-refractivity contribution is 5.77. The van der Waals surface area contributed by atoms with Crippen molar-refractivity contribution >= 4 is 5.97 Å². The number of hydrogen-bond donors (Lipinski definition) is 1. The molecule has 0 radical (unpaired) electrons. The Kier molecular flexibility index (Phi) is 5.96. The van der Waals surface area contributed by atoms with Crippen molar-refractivity contribution in [2.24, 2.45) is 0 Å². The molecule has 0 aliphatic carbocycles. The Balaban J connectivity index is 2.93. The summed E-state index contributed by atoms with van der Waals surface area (Å²) in [4.78, 5) is 11.7. The Hall–Kier alpha value is -1.82. The fraction of sp³-hybridized carbons (Fsp3) is 0.400. The molecule has 1 atom stereocenters. The van der Waals surface area contributed by atoms with Gasteiger partial charge in [-0.25, -0.2) is 4.79 Å². The molecular formula is C15H18F3NO2. The second kappa shape index (κ2) is 7.26. The van der Waals surface area contributed by atoms with Crippen LogP contribution in [0, 0.1) is 0 Å². The molecule has 0 fully saturated rings. The molecule has 21 heavy (non-hydrogen) atoms. The Morgan fingerprint density at radius 2 is 1.86 bits per heavy atom. The Morgan fingerprint density at radius 1 is 1.29 bits per heavy atom. The van der Waals surface area contributed by atoms with Crippen LogP contribution in [-0.4, -0.2) is 19.6 Å². The maximum Gasteiger partial charge on any atom is 0.416 e. The average molecular weight is 301 g/mol. The van der Waals surface area contributed by atoms with Gasteiger partial charge in [0.1, 0.15) is 6.04 Å². The van der Waals surface area contributed by atoms with E-state index in [0.717, 1.165) is 17.7 Å². The molecule has 0 unspecified atom stereocenters. The van der Waals surface area contributed by atoms with Crippen molar-refractivity contribution in [1.82, 2.24) is 5.32 Å². The smallest absolute Gasteiger partial charge is 0.416 e. The van der Waals surface area contributed by atoms with Gasteiger partial charge in [0.15, 0.2) is 0 Å². The molecular weight excluding hydrogens is 283 g/mol. The maximum absolute atomic E-state index is 12.5. The van der Waals surface area contributed by atoms with Crippen LogP contribution >= 0.6 is 0 Å². The zero-order valence-electron chi connectivity index (χ0n) is 12.1. The summed E-state index contributed by atoms with van der Waals surface area (Å²) >= 11 is 0. The lowest BCUT2D eigenvalue weighted by Gasteiger charge is -2.17. The van der Waals surface area contributed by atoms with Gasteiger partial charge in [-0.1, -0.05) is 23.8 Å². The highest BCUT2D eigenvalue weighted by Gasteiger charge is 2.30. The number of carbonyl (C=O) groups excluding carboxylic acids is 1. The van der Waals surface area contributed by atoms with E-state index < -0.39 is 23.8 Å². The standard InChI is InChI=1S/C15H18F3NO2/c1-10(2)8-9-19-13(14(20)21-3)11-4-6-12(7-5-11)15(16,17)18/h4-8,13,19H,9H2,1-3H3/t13-/m1/s1. The van der Waals surface area contributed by atoms with Gasteiger partial charge in [0.05, 0.1) is 12.7 Å². The fourth-order valence-electron chi connectivity index (χ4n) is 1.70. The van der Waals surface area contributed by atoms with Crippen LogP contribution in [0.4, 0.5) is 13.2 Å². The Morgan fingerprint density at radius 3 is 2.29 bits per heavy atom. The number of benzene rings is 1. The summed E-state index contributed by atoms with van der Waals surface area (Å²) < 4.78 is 42.2. The number of carbonyl (C=O) groups is 1. The van der Waals surface area contributed by atoms with E-state index in [1.807, 2.05) is 19.9 Å². The maximum atomic E-state index is 12.5. The van der Waals surface area contributed by atoms with Gasteiger partial charge in [-0.3, -0.25) is 5.32 Å². The second-order valence-corrected chi connectivity index (χ2v) is 4.77. The normalized spacial score (nSPS) is 12.7. The van der Waals surface area contributed by atoms with E-state index in [1.165, 1.54) is 19.2 Å². The van der Waals surface area contributed by atoms with E-state index in [2.05, 4.69) is 10.1 Å². The van der Waals surface area contributed by atoms with Crippen LogP contribution in [0.2, 0.25) is 0 Å². The number of esters is 1. The summed E-state index contributed by atoms with van der Waals surface area (Å²) in [5.41, 5.74) is 0.745. The van der Waals surface area contributed by atoms with E-state index in [-0.39, 0.29) is 0 Å². The molecule has 6 heteroatoms. The predicted molar refractivity (Wildman–Crippen MR) is 73.6 cm³/mol. The number of methoxy groups -OCH3 is 1. The summed E-state index contributed by atoms with van der Waals surface area (Å²) in [7, 11) is 1.24. The first kappa shape index (κ1) is 17.2. The van der Waals surface area contributed by atoms with Crippen LogP contribution in [0.5, 0.6) is 0 Å². The number of allylic oxidation sites excluding steroid dienone is 1. The number of rotatable bonds is 5. The van der Waals surface area contributed by atoms with Gasteiger partial charge >= 0.3 is 12.1 Å². The monoisotopic (exact) mass is 301 g/mol. The largest absolute Gasteiger partial charge is 0.468 e. The molecule has 0 saturated heterocycles. The Labute approximate surface area is 121 Å². The summed E-state index contributed by atoms with van der Waals surface area (Å²) in [5, 5.41) is 2.94. The first-order chi connectivity index (χ1) is 9.75. The van der Waals surface area contributed by atoms with Crippen LogP contribution < -0.4 is 5.32 Å². The van der Waals surface area contributed by atoms with Crippen LogP contribution in [-0.2, 0) is 15.7 Å². The molecule has 0 spiro atoms. The van der Waals surface area contributed by atoms with Gasteiger partial charge in [-0.05, 0) is 31.5 Å². The fourth-order valence-corrected chi connectivity index (χ4v) is 1.70. The van der Waals surface area contributed by atoms with Crippen molar-refractivity contribution in [3.63, 3.8) is 0 Å². The highest BCUT2D eigenvalue weighted by Crippen LogP contribution is 2.30. The van der Waals surface area contributed by atoms with E-state index >= 15 is 0 Å². The van der Waals surface area contributed by atoms with Gasteiger partial charge in [0.2, 0.25) is 0 Å². The Bertz CT molecular complexity index is 503. The van der Waals surface area contributed by atoms with Gasteiger partial charge in [-0.15, -0.1) is 0 Å². The molecule has 0 bridgehead atoms. The van der Waals surface area contributed by atoms with Crippen molar-refractivity contribution in [2.45, 2.75) is 26.1 Å². The number of halogens is 3. The van der Waals surface area contributed by atoms with Crippen molar-refractivity contribution in [2.75, 3.05) is 13.7 Å². The topological polar surface area (TPSA) is 38.3 Å².